The molecule has 0 fully saturated rings. The summed E-state index contributed by atoms with van der Waals surface area (Å²) in [6.07, 6.45) is 0. The van der Waals surface area contributed by atoms with Gasteiger partial charge in [0.1, 0.15) is 5.82 Å². The van der Waals surface area contributed by atoms with Gasteiger partial charge in [-0.3, -0.25) is 9.59 Å². The highest BCUT2D eigenvalue weighted by Gasteiger charge is 2.19. The van der Waals surface area contributed by atoms with Crippen LogP contribution in [0.15, 0.2) is 39.6 Å². The van der Waals surface area contributed by atoms with Crippen LogP contribution in [0.5, 0.6) is 0 Å². The quantitative estimate of drug-likeness (QED) is 0.694. The van der Waals surface area contributed by atoms with Gasteiger partial charge in [-0.25, -0.2) is 9.37 Å². The van der Waals surface area contributed by atoms with Gasteiger partial charge in [0.25, 0.3) is 11.5 Å². The number of hydrogen-bond donors (Lipinski definition) is 1. The molecule has 2 aromatic carbocycles. The molecule has 1 amide bonds. The highest BCUT2D eigenvalue weighted by molar-refractivity contribution is 9.10. The van der Waals surface area contributed by atoms with E-state index >= 15 is 0 Å². The number of fused-ring (bicyclic) bond motifs is 1. The smallest absolute Gasteiger partial charge is 0.282 e. The largest absolute Gasteiger partial charge is 0.318 e. The number of nitrogens with one attached hydrogen (secondary N) is 1. The summed E-state index contributed by atoms with van der Waals surface area (Å²) in [4.78, 5) is 29.5. The van der Waals surface area contributed by atoms with Gasteiger partial charge in [-0.05, 0) is 62.2 Å². The summed E-state index contributed by atoms with van der Waals surface area (Å²) < 4.78 is 16.0. The van der Waals surface area contributed by atoms with E-state index in [-0.39, 0.29) is 11.4 Å². The van der Waals surface area contributed by atoms with Gasteiger partial charge in [-0.15, -0.1) is 0 Å². The van der Waals surface area contributed by atoms with Crippen LogP contribution in [0.25, 0.3) is 11.0 Å². The fraction of sp³-hybridized carbons (Fsp3) is 0.211. The van der Waals surface area contributed by atoms with Crippen molar-refractivity contribution in [2.75, 3.05) is 5.32 Å². The molecule has 1 aromatic heterocycles. The Labute approximate surface area is 158 Å². The summed E-state index contributed by atoms with van der Waals surface area (Å²) in [5, 5.41) is 2.43. The number of aromatic nitrogens is 2. The van der Waals surface area contributed by atoms with Crippen LogP contribution in [0.1, 0.15) is 28.5 Å². The van der Waals surface area contributed by atoms with E-state index in [9.17, 15) is 14.0 Å². The fourth-order valence-corrected chi connectivity index (χ4v) is 3.06. The number of nitrogens with zero attached hydrogens (tertiary/aromatic N) is 2. The third kappa shape index (κ3) is 3.26. The van der Waals surface area contributed by atoms with Crippen molar-refractivity contribution in [2.45, 2.75) is 27.3 Å². The molecule has 0 aliphatic carbocycles. The zero-order valence-electron chi connectivity index (χ0n) is 14.6. The molecule has 7 heteroatoms. The summed E-state index contributed by atoms with van der Waals surface area (Å²) in [5.74, 6) is -1.34. The van der Waals surface area contributed by atoms with E-state index in [0.29, 0.717) is 22.1 Å². The van der Waals surface area contributed by atoms with Gasteiger partial charge in [0.15, 0.2) is 5.69 Å². The maximum atomic E-state index is 14.0. The van der Waals surface area contributed by atoms with Crippen LogP contribution in [0.3, 0.4) is 0 Å². The molecule has 1 N–H and O–H groups in total. The zero-order valence-corrected chi connectivity index (χ0v) is 16.1. The topological polar surface area (TPSA) is 64.0 Å². The lowest BCUT2D eigenvalue weighted by molar-refractivity contribution is 0.102. The van der Waals surface area contributed by atoms with Gasteiger partial charge in [-0.2, -0.15) is 0 Å². The Morgan fingerprint density at radius 3 is 2.58 bits per heavy atom. The van der Waals surface area contributed by atoms with Crippen LogP contribution in [0.2, 0.25) is 0 Å². The summed E-state index contributed by atoms with van der Waals surface area (Å²) in [5.41, 5.74) is 2.50. The van der Waals surface area contributed by atoms with Crippen LogP contribution in [-0.4, -0.2) is 15.5 Å². The minimum Gasteiger partial charge on any atom is -0.318 e. The molecule has 0 atom stereocenters. The molecule has 0 saturated carbocycles. The summed E-state index contributed by atoms with van der Waals surface area (Å²) in [6, 6.07) is 7.99. The minimum atomic E-state index is -0.737. The molecule has 26 heavy (non-hydrogen) atoms. The SMILES string of the molecule is CCn1c(=O)c(C(=O)Nc2ccc(Br)cc2F)nc2cc(C)c(C)cc21. The van der Waals surface area contributed by atoms with Gasteiger partial charge in [0.2, 0.25) is 0 Å². The first-order valence-corrected chi connectivity index (χ1v) is 8.89. The monoisotopic (exact) mass is 417 g/mol. The Morgan fingerprint density at radius 1 is 1.23 bits per heavy atom. The highest BCUT2D eigenvalue weighted by atomic mass is 79.9. The third-order valence-electron chi connectivity index (χ3n) is 4.27. The van der Waals surface area contributed by atoms with E-state index in [1.54, 1.807) is 6.07 Å². The second-order valence-electron chi connectivity index (χ2n) is 6.01. The van der Waals surface area contributed by atoms with Gasteiger partial charge in [0.05, 0.1) is 16.7 Å². The number of rotatable bonds is 3. The molecule has 0 aliphatic rings. The molecule has 0 unspecified atom stereocenters. The Hall–Kier alpha value is -2.54. The van der Waals surface area contributed by atoms with Gasteiger partial charge >= 0.3 is 0 Å². The average Bonchev–Trinajstić information content (AvgIpc) is 2.58. The molecule has 134 valence electrons. The van der Waals surface area contributed by atoms with Crippen molar-refractivity contribution in [3.8, 4) is 0 Å². The summed E-state index contributed by atoms with van der Waals surface area (Å²) >= 11 is 3.16. The lowest BCUT2D eigenvalue weighted by atomic mass is 10.1. The highest BCUT2D eigenvalue weighted by Crippen LogP contribution is 2.20. The third-order valence-corrected chi connectivity index (χ3v) is 4.77. The minimum absolute atomic E-state index is 0.0115. The number of hydrogen-bond acceptors (Lipinski definition) is 3. The van der Waals surface area contributed by atoms with Crippen LogP contribution < -0.4 is 10.9 Å². The number of amides is 1. The Balaban J connectivity index is 2.12. The Morgan fingerprint density at radius 2 is 1.92 bits per heavy atom. The first kappa shape index (κ1) is 18.3. The van der Waals surface area contributed by atoms with E-state index in [1.165, 1.54) is 16.7 Å². The Bertz CT molecular complexity index is 1090. The van der Waals surface area contributed by atoms with E-state index in [0.717, 1.165) is 11.1 Å². The molecule has 3 rings (SSSR count). The Kier molecular flexibility index (Phi) is 4.91. The molecule has 3 aromatic rings. The number of aryl methyl sites for hydroxylation is 3. The van der Waals surface area contributed by atoms with Crippen molar-refractivity contribution >= 4 is 38.6 Å². The number of carbonyl (C=O) groups excluding carboxylic acids is 1. The van der Waals surface area contributed by atoms with E-state index in [2.05, 4.69) is 26.2 Å². The van der Waals surface area contributed by atoms with E-state index in [4.69, 9.17) is 0 Å². The van der Waals surface area contributed by atoms with Crippen LogP contribution in [0.4, 0.5) is 10.1 Å². The normalized spacial score (nSPS) is 11.0. The summed E-state index contributed by atoms with van der Waals surface area (Å²) in [7, 11) is 0. The second-order valence-corrected chi connectivity index (χ2v) is 6.93. The van der Waals surface area contributed by atoms with Crippen molar-refractivity contribution < 1.29 is 9.18 Å². The fourth-order valence-electron chi connectivity index (χ4n) is 2.73. The molecule has 0 aliphatic heterocycles. The van der Waals surface area contributed by atoms with Gasteiger partial charge in [-0.1, -0.05) is 15.9 Å². The molecular weight excluding hydrogens is 401 g/mol. The standard InChI is InChI=1S/C19H17BrFN3O2/c1-4-24-16-8-11(3)10(2)7-15(16)22-17(19(24)26)18(25)23-14-6-5-12(20)9-13(14)21/h5-9H,4H2,1-3H3,(H,23,25). The van der Waals surface area contributed by atoms with E-state index in [1.807, 2.05) is 32.9 Å². The van der Waals surface area contributed by atoms with Crippen molar-refractivity contribution in [3.05, 3.63) is 67.8 Å². The zero-order chi connectivity index (χ0) is 19.0. The molecule has 1 heterocycles. The molecule has 0 radical (unpaired) electrons. The van der Waals surface area contributed by atoms with Crippen molar-refractivity contribution in [3.63, 3.8) is 0 Å². The average molecular weight is 418 g/mol. The number of anilines is 1. The van der Waals surface area contributed by atoms with E-state index < -0.39 is 17.3 Å². The number of benzene rings is 2. The predicted octanol–water partition coefficient (Wildman–Crippen LogP) is 4.19. The van der Waals surface area contributed by atoms with Gasteiger partial charge < -0.3 is 9.88 Å². The van der Waals surface area contributed by atoms with Gasteiger partial charge in [0, 0.05) is 11.0 Å². The first-order chi connectivity index (χ1) is 12.3. The molecule has 0 saturated heterocycles. The summed E-state index contributed by atoms with van der Waals surface area (Å²) in [6.45, 7) is 6.12. The number of carbonyl (C=O) groups is 1. The maximum Gasteiger partial charge on any atom is 0.282 e. The lowest BCUT2D eigenvalue weighted by Gasteiger charge is -2.12. The molecule has 5 nitrogen and oxygen atoms in total. The molecule has 0 spiro atoms. The molecule has 0 bridgehead atoms. The van der Waals surface area contributed by atoms with Crippen LogP contribution in [-0.2, 0) is 6.54 Å². The first-order valence-electron chi connectivity index (χ1n) is 8.10. The van der Waals surface area contributed by atoms with Crippen molar-refractivity contribution in [1.82, 2.24) is 9.55 Å². The lowest BCUT2D eigenvalue weighted by Crippen LogP contribution is -2.31. The predicted molar refractivity (Wildman–Crippen MR) is 103 cm³/mol. The van der Waals surface area contributed by atoms with Crippen LogP contribution in [0, 0.1) is 19.7 Å². The molecular formula is C19H17BrFN3O2. The maximum absolute atomic E-state index is 14.0. The van der Waals surface area contributed by atoms with Crippen molar-refractivity contribution in [2.24, 2.45) is 0 Å². The van der Waals surface area contributed by atoms with Crippen LogP contribution >= 0.6 is 15.9 Å². The number of halogens is 2. The van der Waals surface area contributed by atoms with Crippen molar-refractivity contribution in [1.29, 1.82) is 0 Å². The second kappa shape index (κ2) is 6.99.